The second-order valence-electron chi connectivity index (χ2n) is 3.78. The average molecular weight is 228 g/mol. The van der Waals surface area contributed by atoms with Crippen LogP contribution < -0.4 is 9.47 Å². The Hall–Kier alpha value is -2.23. The summed E-state index contributed by atoms with van der Waals surface area (Å²) in [5.74, 6) is 1.44. The van der Waals surface area contributed by atoms with Gasteiger partial charge in [0.25, 0.3) is 0 Å². The summed E-state index contributed by atoms with van der Waals surface area (Å²) < 4.78 is 10.4. The lowest BCUT2D eigenvalue weighted by Crippen LogP contribution is -1.87. The first-order valence-corrected chi connectivity index (χ1v) is 5.32. The summed E-state index contributed by atoms with van der Waals surface area (Å²) in [6.45, 7) is 0. The highest BCUT2D eigenvalue weighted by atomic mass is 16.5. The minimum atomic E-state index is 0.609. The van der Waals surface area contributed by atoms with Crippen molar-refractivity contribution in [3.8, 4) is 11.6 Å². The maximum atomic E-state index is 5.24. The fraction of sp³-hybridized carbons (Fsp3) is 0.154. The zero-order valence-electron chi connectivity index (χ0n) is 9.65. The van der Waals surface area contributed by atoms with E-state index in [1.165, 1.54) is 0 Å². The Morgan fingerprint density at radius 2 is 1.94 bits per heavy atom. The van der Waals surface area contributed by atoms with Crippen molar-refractivity contribution in [2.45, 2.75) is 0 Å². The fourth-order valence-electron chi connectivity index (χ4n) is 2.07. The second kappa shape index (κ2) is 3.66. The molecule has 4 heteroatoms. The van der Waals surface area contributed by atoms with Crippen molar-refractivity contribution < 1.29 is 9.47 Å². The van der Waals surface area contributed by atoms with Crippen LogP contribution >= 0.6 is 0 Å². The molecule has 17 heavy (non-hydrogen) atoms. The van der Waals surface area contributed by atoms with Gasteiger partial charge in [-0.3, -0.25) is 0 Å². The molecule has 3 aromatic rings. The Labute approximate surface area is 98.2 Å². The largest absolute Gasteiger partial charge is 0.497 e. The minimum absolute atomic E-state index is 0.609. The van der Waals surface area contributed by atoms with Gasteiger partial charge >= 0.3 is 0 Å². The molecule has 1 N–H and O–H groups in total. The maximum absolute atomic E-state index is 5.24. The number of hydrogen-bond acceptors (Lipinski definition) is 3. The lowest BCUT2D eigenvalue weighted by atomic mass is 10.2. The standard InChI is InChI=1S/C13H12N2O2/c1-16-8-3-4-9-10-5-6-14-13(17-2)12(10)15-11(9)7-8/h3-7,15H,1-2H3. The molecule has 0 saturated carbocycles. The number of ether oxygens (including phenoxy) is 2. The van der Waals surface area contributed by atoms with Gasteiger partial charge < -0.3 is 14.5 Å². The molecule has 4 nitrogen and oxygen atoms in total. The molecule has 0 aliphatic carbocycles. The van der Waals surface area contributed by atoms with E-state index in [2.05, 4.69) is 9.97 Å². The van der Waals surface area contributed by atoms with E-state index >= 15 is 0 Å². The molecule has 0 amide bonds. The van der Waals surface area contributed by atoms with Crippen LogP contribution in [-0.4, -0.2) is 24.2 Å². The quantitative estimate of drug-likeness (QED) is 0.733. The molecule has 0 saturated heterocycles. The number of aromatic amines is 1. The van der Waals surface area contributed by atoms with Crippen LogP contribution in [0.25, 0.3) is 21.8 Å². The number of nitrogens with one attached hydrogen (secondary N) is 1. The number of pyridine rings is 1. The van der Waals surface area contributed by atoms with E-state index in [0.29, 0.717) is 5.88 Å². The van der Waals surface area contributed by atoms with E-state index in [0.717, 1.165) is 27.6 Å². The van der Waals surface area contributed by atoms with Crippen molar-refractivity contribution in [3.05, 3.63) is 30.5 Å². The first-order chi connectivity index (χ1) is 8.33. The van der Waals surface area contributed by atoms with Crippen LogP contribution in [0.5, 0.6) is 11.6 Å². The molecule has 86 valence electrons. The average Bonchev–Trinajstić information content (AvgIpc) is 2.75. The van der Waals surface area contributed by atoms with Crippen molar-refractivity contribution in [2.75, 3.05) is 14.2 Å². The van der Waals surface area contributed by atoms with Gasteiger partial charge in [0.15, 0.2) is 0 Å². The summed E-state index contributed by atoms with van der Waals surface area (Å²) in [6.07, 6.45) is 1.75. The predicted octanol–water partition coefficient (Wildman–Crippen LogP) is 2.73. The van der Waals surface area contributed by atoms with E-state index < -0.39 is 0 Å². The van der Waals surface area contributed by atoms with E-state index in [1.54, 1.807) is 20.4 Å². The second-order valence-corrected chi connectivity index (χ2v) is 3.78. The maximum Gasteiger partial charge on any atom is 0.238 e. The molecule has 0 unspecified atom stereocenters. The molecule has 3 rings (SSSR count). The lowest BCUT2D eigenvalue weighted by molar-refractivity contribution is 0.402. The van der Waals surface area contributed by atoms with E-state index in [4.69, 9.17) is 9.47 Å². The molecular weight excluding hydrogens is 216 g/mol. The predicted molar refractivity (Wildman–Crippen MR) is 66.7 cm³/mol. The molecule has 0 fully saturated rings. The van der Waals surface area contributed by atoms with Gasteiger partial charge in [-0.05, 0) is 18.2 Å². The Bertz CT molecular complexity index is 688. The molecule has 2 aromatic heterocycles. The van der Waals surface area contributed by atoms with E-state index in [-0.39, 0.29) is 0 Å². The first kappa shape index (κ1) is 9.96. The Morgan fingerprint density at radius 3 is 2.71 bits per heavy atom. The molecule has 0 bridgehead atoms. The number of hydrogen-bond donors (Lipinski definition) is 1. The Kier molecular flexibility index (Phi) is 2.14. The van der Waals surface area contributed by atoms with Crippen LogP contribution in [0, 0.1) is 0 Å². The summed E-state index contributed by atoms with van der Waals surface area (Å²) in [7, 11) is 3.28. The highest BCUT2D eigenvalue weighted by Crippen LogP contribution is 2.31. The summed E-state index contributed by atoms with van der Waals surface area (Å²) in [6, 6.07) is 7.92. The van der Waals surface area contributed by atoms with Crippen LogP contribution in [0.1, 0.15) is 0 Å². The zero-order valence-corrected chi connectivity index (χ0v) is 9.65. The third-order valence-electron chi connectivity index (χ3n) is 2.89. The molecule has 0 atom stereocenters. The van der Waals surface area contributed by atoms with Crippen LogP contribution in [0.3, 0.4) is 0 Å². The molecule has 0 radical (unpaired) electrons. The summed E-state index contributed by atoms with van der Waals surface area (Å²) in [5, 5.41) is 2.25. The molecule has 0 aliphatic rings. The van der Waals surface area contributed by atoms with Crippen molar-refractivity contribution >= 4 is 21.8 Å². The number of H-pyrrole nitrogens is 1. The number of fused-ring (bicyclic) bond motifs is 3. The van der Waals surface area contributed by atoms with Crippen LogP contribution in [0.4, 0.5) is 0 Å². The first-order valence-electron chi connectivity index (χ1n) is 5.32. The van der Waals surface area contributed by atoms with Gasteiger partial charge in [-0.25, -0.2) is 4.98 Å². The van der Waals surface area contributed by atoms with E-state index in [1.807, 2.05) is 24.3 Å². The van der Waals surface area contributed by atoms with Gasteiger partial charge in [-0.15, -0.1) is 0 Å². The summed E-state index contributed by atoms with van der Waals surface area (Å²) in [5.41, 5.74) is 1.93. The van der Waals surface area contributed by atoms with Crippen molar-refractivity contribution in [3.63, 3.8) is 0 Å². The SMILES string of the molecule is COc1ccc2c(c1)[nH]c1c(OC)nccc12. The number of nitrogens with zero attached hydrogens (tertiary/aromatic N) is 1. The topological polar surface area (TPSA) is 47.1 Å². The van der Waals surface area contributed by atoms with E-state index in [9.17, 15) is 0 Å². The van der Waals surface area contributed by atoms with Crippen LogP contribution in [0.2, 0.25) is 0 Å². The molecule has 0 aliphatic heterocycles. The zero-order chi connectivity index (χ0) is 11.8. The van der Waals surface area contributed by atoms with Gasteiger partial charge in [-0.2, -0.15) is 0 Å². The summed E-state index contributed by atoms with van der Waals surface area (Å²) >= 11 is 0. The van der Waals surface area contributed by atoms with Gasteiger partial charge in [0, 0.05) is 23.0 Å². The van der Waals surface area contributed by atoms with Gasteiger partial charge in [0.05, 0.1) is 19.7 Å². The number of rotatable bonds is 2. The van der Waals surface area contributed by atoms with Gasteiger partial charge in [0.2, 0.25) is 5.88 Å². The van der Waals surface area contributed by atoms with Crippen molar-refractivity contribution in [2.24, 2.45) is 0 Å². The number of methoxy groups -OCH3 is 2. The van der Waals surface area contributed by atoms with Crippen molar-refractivity contribution in [1.29, 1.82) is 0 Å². The summed E-state index contributed by atoms with van der Waals surface area (Å²) in [4.78, 5) is 7.48. The number of aromatic nitrogens is 2. The fourth-order valence-corrected chi connectivity index (χ4v) is 2.07. The third kappa shape index (κ3) is 1.41. The Morgan fingerprint density at radius 1 is 1.06 bits per heavy atom. The number of benzene rings is 1. The monoisotopic (exact) mass is 228 g/mol. The highest BCUT2D eigenvalue weighted by Gasteiger charge is 2.09. The van der Waals surface area contributed by atoms with Gasteiger partial charge in [-0.1, -0.05) is 0 Å². The third-order valence-corrected chi connectivity index (χ3v) is 2.89. The molecule has 1 aromatic carbocycles. The van der Waals surface area contributed by atoms with Crippen molar-refractivity contribution in [1.82, 2.24) is 9.97 Å². The molecule has 2 heterocycles. The normalized spacial score (nSPS) is 10.9. The van der Waals surface area contributed by atoms with Gasteiger partial charge in [0.1, 0.15) is 11.3 Å². The lowest BCUT2D eigenvalue weighted by Gasteiger charge is -1.98. The van der Waals surface area contributed by atoms with Crippen LogP contribution in [-0.2, 0) is 0 Å². The minimum Gasteiger partial charge on any atom is -0.497 e. The highest BCUT2D eigenvalue weighted by molar-refractivity contribution is 6.08. The van der Waals surface area contributed by atoms with Crippen LogP contribution in [0.15, 0.2) is 30.5 Å². The molecular formula is C13H12N2O2. The molecule has 0 spiro atoms. The smallest absolute Gasteiger partial charge is 0.238 e. The Balaban J connectivity index is 2.40.